The number of hydrogen-bond donors (Lipinski definition) is 0. The summed E-state index contributed by atoms with van der Waals surface area (Å²) in [6, 6.07) is 19.3. The third kappa shape index (κ3) is 3.58. The molecule has 0 unspecified atom stereocenters. The van der Waals surface area contributed by atoms with Gasteiger partial charge < -0.3 is 4.74 Å². The standard InChI is InChI=1S/C18H22OS2/c1-4-20-18(21-5-2,15-9-7-6-8-10-15)16-11-13-17(19-3)14-12-16/h6-14H,4-5H2,1-3H3. The lowest BCUT2D eigenvalue weighted by atomic mass is 10.0. The highest BCUT2D eigenvalue weighted by Gasteiger charge is 2.34. The Morgan fingerprint density at radius 1 is 0.810 bits per heavy atom. The summed E-state index contributed by atoms with van der Waals surface area (Å²) in [6.45, 7) is 4.45. The van der Waals surface area contributed by atoms with E-state index in [1.165, 1.54) is 11.1 Å². The van der Waals surface area contributed by atoms with E-state index in [0.29, 0.717) is 0 Å². The van der Waals surface area contributed by atoms with Gasteiger partial charge in [-0.2, -0.15) is 0 Å². The van der Waals surface area contributed by atoms with Crippen molar-refractivity contribution >= 4 is 23.5 Å². The van der Waals surface area contributed by atoms with Crippen LogP contribution in [0.5, 0.6) is 5.75 Å². The zero-order valence-corrected chi connectivity index (χ0v) is 14.5. The molecule has 1 nitrogen and oxygen atoms in total. The van der Waals surface area contributed by atoms with Crippen molar-refractivity contribution in [2.75, 3.05) is 18.6 Å². The molecule has 0 spiro atoms. The van der Waals surface area contributed by atoms with Gasteiger partial charge in [0.1, 0.15) is 9.83 Å². The summed E-state index contributed by atoms with van der Waals surface area (Å²) in [5, 5.41) is 0. The molecule has 112 valence electrons. The zero-order valence-electron chi connectivity index (χ0n) is 12.8. The second-order valence-electron chi connectivity index (χ2n) is 4.58. The van der Waals surface area contributed by atoms with Crippen LogP contribution in [0.3, 0.4) is 0 Å². The predicted octanol–water partition coefficient (Wildman–Crippen LogP) is 5.40. The van der Waals surface area contributed by atoms with Crippen LogP contribution >= 0.6 is 23.5 Å². The molecule has 0 saturated carbocycles. The maximum Gasteiger partial charge on any atom is 0.118 e. The molecular weight excluding hydrogens is 296 g/mol. The normalized spacial score (nSPS) is 11.4. The molecular formula is C18H22OS2. The van der Waals surface area contributed by atoms with Crippen LogP contribution in [-0.2, 0) is 4.08 Å². The molecule has 0 amide bonds. The highest BCUT2D eigenvalue weighted by atomic mass is 32.2. The fourth-order valence-corrected chi connectivity index (χ4v) is 5.48. The molecule has 0 aliphatic carbocycles. The molecule has 0 N–H and O–H groups in total. The van der Waals surface area contributed by atoms with Crippen LogP contribution < -0.4 is 4.74 Å². The first-order valence-corrected chi connectivity index (χ1v) is 9.22. The SMILES string of the molecule is CCSC(SCC)(c1ccccc1)c1ccc(OC)cc1. The Bertz CT molecular complexity index is 531. The van der Waals surface area contributed by atoms with E-state index in [1.54, 1.807) is 7.11 Å². The fourth-order valence-electron chi connectivity index (χ4n) is 2.42. The highest BCUT2D eigenvalue weighted by Crippen LogP contribution is 2.51. The zero-order chi connectivity index (χ0) is 15.1. The van der Waals surface area contributed by atoms with Gasteiger partial charge in [-0.1, -0.05) is 56.3 Å². The van der Waals surface area contributed by atoms with E-state index in [1.807, 2.05) is 23.5 Å². The number of rotatable bonds is 7. The van der Waals surface area contributed by atoms with Crippen LogP contribution in [0.2, 0.25) is 0 Å². The largest absolute Gasteiger partial charge is 0.497 e. The van der Waals surface area contributed by atoms with Crippen LogP contribution in [0.25, 0.3) is 0 Å². The van der Waals surface area contributed by atoms with Crippen LogP contribution in [0.4, 0.5) is 0 Å². The molecule has 0 aliphatic rings. The molecule has 2 aromatic rings. The minimum absolute atomic E-state index is 0.0446. The van der Waals surface area contributed by atoms with E-state index < -0.39 is 0 Å². The molecule has 0 saturated heterocycles. The minimum atomic E-state index is -0.0446. The fraction of sp³-hybridized carbons (Fsp3) is 0.333. The first-order valence-electron chi connectivity index (χ1n) is 7.24. The minimum Gasteiger partial charge on any atom is -0.497 e. The van der Waals surface area contributed by atoms with Crippen molar-refractivity contribution in [1.82, 2.24) is 0 Å². The Morgan fingerprint density at radius 3 is 1.81 bits per heavy atom. The molecule has 0 bridgehead atoms. The Kier molecular flexibility index (Phi) is 6.07. The lowest BCUT2D eigenvalue weighted by Crippen LogP contribution is -2.20. The maximum atomic E-state index is 5.29. The Labute approximate surface area is 136 Å². The number of methoxy groups -OCH3 is 1. The summed E-state index contributed by atoms with van der Waals surface area (Å²) in [5.74, 6) is 3.06. The first kappa shape index (κ1) is 16.3. The summed E-state index contributed by atoms with van der Waals surface area (Å²) < 4.78 is 5.25. The number of hydrogen-bond acceptors (Lipinski definition) is 3. The Morgan fingerprint density at radius 2 is 1.33 bits per heavy atom. The average Bonchev–Trinajstić information content (AvgIpc) is 2.55. The Balaban J connectivity index is 2.52. The second-order valence-corrected chi connectivity index (χ2v) is 7.79. The quantitative estimate of drug-likeness (QED) is 0.632. The maximum absolute atomic E-state index is 5.29. The predicted molar refractivity (Wildman–Crippen MR) is 96.5 cm³/mol. The lowest BCUT2D eigenvalue weighted by molar-refractivity contribution is 0.414. The van der Waals surface area contributed by atoms with Gasteiger partial charge in [-0.3, -0.25) is 0 Å². The summed E-state index contributed by atoms with van der Waals surface area (Å²) in [7, 11) is 1.71. The third-order valence-electron chi connectivity index (χ3n) is 3.32. The number of ether oxygens (including phenoxy) is 1. The molecule has 2 aromatic carbocycles. The molecule has 0 fully saturated rings. The topological polar surface area (TPSA) is 9.23 Å². The van der Waals surface area contributed by atoms with Gasteiger partial charge in [0.25, 0.3) is 0 Å². The van der Waals surface area contributed by atoms with Gasteiger partial charge in [-0.15, -0.1) is 23.5 Å². The molecule has 3 heteroatoms. The van der Waals surface area contributed by atoms with Crippen molar-refractivity contribution in [3.8, 4) is 5.75 Å². The summed E-state index contributed by atoms with van der Waals surface area (Å²) >= 11 is 3.98. The smallest absolute Gasteiger partial charge is 0.118 e. The summed E-state index contributed by atoms with van der Waals surface area (Å²) in [4.78, 5) is 0. The van der Waals surface area contributed by atoms with E-state index in [-0.39, 0.29) is 4.08 Å². The number of thioether (sulfide) groups is 2. The van der Waals surface area contributed by atoms with Gasteiger partial charge in [0.05, 0.1) is 7.11 Å². The van der Waals surface area contributed by atoms with Crippen molar-refractivity contribution < 1.29 is 4.74 Å². The summed E-state index contributed by atoms with van der Waals surface area (Å²) in [5.41, 5.74) is 2.68. The van der Waals surface area contributed by atoms with Crippen LogP contribution in [0.1, 0.15) is 25.0 Å². The van der Waals surface area contributed by atoms with Crippen molar-refractivity contribution in [1.29, 1.82) is 0 Å². The molecule has 0 aliphatic heterocycles. The van der Waals surface area contributed by atoms with Gasteiger partial charge in [0.2, 0.25) is 0 Å². The molecule has 0 heterocycles. The van der Waals surface area contributed by atoms with Crippen molar-refractivity contribution in [2.24, 2.45) is 0 Å². The van der Waals surface area contributed by atoms with E-state index in [2.05, 4.69) is 68.4 Å². The molecule has 2 rings (SSSR count). The van der Waals surface area contributed by atoms with Gasteiger partial charge in [0.15, 0.2) is 0 Å². The molecule has 0 radical (unpaired) electrons. The van der Waals surface area contributed by atoms with Crippen LogP contribution in [-0.4, -0.2) is 18.6 Å². The van der Waals surface area contributed by atoms with Crippen molar-refractivity contribution in [3.05, 3.63) is 65.7 Å². The number of benzene rings is 2. The van der Waals surface area contributed by atoms with Crippen molar-refractivity contribution in [2.45, 2.75) is 17.9 Å². The lowest BCUT2D eigenvalue weighted by Gasteiger charge is -2.33. The van der Waals surface area contributed by atoms with E-state index in [4.69, 9.17) is 4.74 Å². The summed E-state index contributed by atoms with van der Waals surface area (Å²) in [6.07, 6.45) is 0. The van der Waals surface area contributed by atoms with Gasteiger partial charge >= 0.3 is 0 Å². The van der Waals surface area contributed by atoms with Crippen LogP contribution in [0.15, 0.2) is 54.6 Å². The van der Waals surface area contributed by atoms with E-state index >= 15 is 0 Å². The van der Waals surface area contributed by atoms with E-state index in [9.17, 15) is 0 Å². The van der Waals surface area contributed by atoms with E-state index in [0.717, 1.165) is 17.3 Å². The molecule has 21 heavy (non-hydrogen) atoms. The molecule has 0 atom stereocenters. The monoisotopic (exact) mass is 318 g/mol. The molecule has 0 aromatic heterocycles. The third-order valence-corrected chi connectivity index (χ3v) is 6.36. The second kappa shape index (κ2) is 7.81. The van der Waals surface area contributed by atoms with Crippen LogP contribution in [0, 0.1) is 0 Å². The van der Waals surface area contributed by atoms with Gasteiger partial charge in [0, 0.05) is 0 Å². The average molecular weight is 319 g/mol. The first-order chi connectivity index (χ1) is 10.3. The highest BCUT2D eigenvalue weighted by molar-refractivity contribution is 8.17. The van der Waals surface area contributed by atoms with Crippen molar-refractivity contribution in [3.63, 3.8) is 0 Å². The Hall–Kier alpha value is -1.06. The van der Waals surface area contributed by atoms with Gasteiger partial charge in [-0.05, 0) is 34.8 Å². The van der Waals surface area contributed by atoms with Gasteiger partial charge in [-0.25, -0.2) is 0 Å².